The normalized spacial score (nSPS) is 11.0. The Morgan fingerprint density at radius 3 is 2.48 bits per heavy atom. The largest absolute Gasteiger partial charge is 0.364 e. The molecule has 0 fully saturated rings. The highest BCUT2D eigenvalue weighted by Gasteiger charge is 2.16. The molecule has 0 unspecified atom stereocenters. The molecule has 2 amide bonds. The molecular weight excluding hydrogens is 338 g/mol. The molecule has 0 aliphatic rings. The van der Waals surface area contributed by atoms with Crippen molar-refractivity contribution < 1.29 is 9.59 Å². The molecule has 5 heteroatoms. The Kier molecular flexibility index (Phi) is 4.34. The maximum atomic E-state index is 12.4. The van der Waals surface area contributed by atoms with Crippen LogP contribution in [0.15, 0.2) is 66.7 Å². The van der Waals surface area contributed by atoms with Gasteiger partial charge in [-0.2, -0.15) is 0 Å². The van der Waals surface area contributed by atoms with E-state index in [1.807, 2.05) is 66.7 Å². The Morgan fingerprint density at radius 1 is 0.926 bits per heavy atom. The van der Waals surface area contributed by atoms with Crippen molar-refractivity contribution in [2.45, 2.75) is 12.8 Å². The molecule has 0 spiro atoms. The molecular formula is C22H19N3O2. The van der Waals surface area contributed by atoms with E-state index in [0.29, 0.717) is 12.1 Å². The minimum absolute atomic E-state index is 0.106. The molecule has 0 radical (unpaired) electrons. The van der Waals surface area contributed by atoms with Crippen LogP contribution in [0.25, 0.3) is 21.7 Å². The van der Waals surface area contributed by atoms with Gasteiger partial charge in [0.2, 0.25) is 5.91 Å². The van der Waals surface area contributed by atoms with Crippen LogP contribution in [0.1, 0.15) is 22.5 Å². The molecule has 0 aliphatic carbocycles. The average Bonchev–Trinajstić information content (AvgIpc) is 3.05. The van der Waals surface area contributed by atoms with E-state index in [4.69, 9.17) is 5.73 Å². The van der Waals surface area contributed by atoms with Gasteiger partial charge in [-0.15, -0.1) is 0 Å². The van der Waals surface area contributed by atoms with E-state index in [-0.39, 0.29) is 12.3 Å². The monoisotopic (exact) mass is 357 g/mol. The minimum atomic E-state index is -0.517. The van der Waals surface area contributed by atoms with Gasteiger partial charge in [0.15, 0.2) is 0 Å². The summed E-state index contributed by atoms with van der Waals surface area (Å²) in [5.74, 6) is -0.623. The standard InChI is InChI=1S/C22H19N3O2/c23-22(27)21-18(17-7-3-4-8-19(17)25-21)11-12-20(26)24-16-10-9-14-5-1-2-6-15(14)13-16/h1-10,13,25H,11-12H2,(H2,23,27)(H,24,26). The lowest BCUT2D eigenvalue weighted by molar-refractivity contribution is -0.116. The number of benzene rings is 3. The molecule has 0 aliphatic heterocycles. The summed E-state index contributed by atoms with van der Waals surface area (Å²) in [6, 6.07) is 21.4. The SMILES string of the molecule is NC(=O)c1[nH]c2ccccc2c1CCC(=O)Nc1ccc2ccccc2c1. The van der Waals surface area contributed by atoms with Crippen molar-refractivity contribution in [1.82, 2.24) is 4.98 Å². The van der Waals surface area contributed by atoms with Crippen molar-refractivity contribution in [2.24, 2.45) is 5.73 Å². The Labute approximate surface area is 156 Å². The summed E-state index contributed by atoms with van der Waals surface area (Å²) in [5, 5.41) is 6.05. The predicted molar refractivity (Wildman–Crippen MR) is 108 cm³/mol. The van der Waals surface area contributed by atoms with E-state index >= 15 is 0 Å². The maximum Gasteiger partial charge on any atom is 0.265 e. The van der Waals surface area contributed by atoms with E-state index < -0.39 is 5.91 Å². The van der Waals surface area contributed by atoms with Gasteiger partial charge >= 0.3 is 0 Å². The quantitative estimate of drug-likeness (QED) is 0.504. The number of primary amides is 1. The fraction of sp³-hybridized carbons (Fsp3) is 0.0909. The van der Waals surface area contributed by atoms with Crippen LogP contribution in [0, 0.1) is 0 Å². The Morgan fingerprint density at radius 2 is 1.67 bits per heavy atom. The highest BCUT2D eigenvalue weighted by Crippen LogP contribution is 2.24. The predicted octanol–water partition coefficient (Wildman–Crippen LogP) is 3.99. The third kappa shape index (κ3) is 3.40. The lowest BCUT2D eigenvalue weighted by atomic mass is 10.0. The lowest BCUT2D eigenvalue weighted by Gasteiger charge is -2.07. The van der Waals surface area contributed by atoms with Crippen LogP contribution >= 0.6 is 0 Å². The van der Waals surface area contributed by atoms with Crippen LogP contribution in [0.2, 0.25) is 0 Å². The van der Waals surface area contributed by atoms with Gasteiger partial charge in [-0.25, -0.2) is 0 Å². The topological polar surface area (TPSA) is 88.0 Å². The zero-order chi connectivity index (χ0) is 18.8. The van der Waals surface area contributed by atoms with Crippen LogP contribution in [0.4, 0.5) is 5.69 Å². The number of carbonyl (C=O) groups excluding carboxylic acids is 2. The van der Waals surface area contributed by atoms with Gasteiger partial charge in [0.25, 0.3) is 5.91 Å². The number of aromatic nitrogens is 1. The molecule has 0 saturated heterocycles. The molecule has 1 aromatic heterocycles. The molecule has 0 bridgehead atoms. The van der Waals surface area contributed by atoms with Crippen molar-refractivity contribution in [2.75, 3.05) is 5.32 Å². The first-order valence-electron chi connectivity index (χ1n) is 8.80. The second-order valence-corrected chi connectivity index (χ2v) is 6.50. The number of carbonyl (C=O) groups is 2. The number of hydrogen-bond donors (Lipinski definition) is 3. The molecule has 3 aromatic carbocycles. The fourth-order valence-corrected chi connectivity index (χ4v) is 3.40. The van der Waals surface area contributed by atoms with Crippen LogP contribution in [-0.4, -0.2) is 16.8 Å². The molecule has 4 rings (SSSR count). The van der Waals surface area contributed by atoms with Gasteiger partial charge in [-0.1, -0.05) is 48.5 Å². The number of aryl methyl sites for hydroxylation is 1. The zero-order valence-electron chi connectivity index (χ0n) is 14.7. The van der Waals surface area contributed by atoms with E-state index in [9.17, 15) is 9.59 Å². The molecule has 0 atom stereocenters. The summed E-state index contributed by atoms with van der Waals surface area (Å²) in [5.41, 5.74) is 8.25. The third-order valence-electron chi connectivity index (χ3n) is 4.70. The van der Waals surface area contributed by atoms with Crippen LogP contribution < -0.4 is 11.1 Å². The number of fused-ring (bicyclic) bond motifs is 2. The fourth-order valence-electron chi connectivity index (χ4n) is 3.40. The Balaban J connectivity index is 1.51. The van der Waals surface area contributed by atoms with Gasteiger partial charge in [0, 0.05) is 23.0 Å². The number of para-hydroxylation sites is 1. The van der Waals surface area contributed by atoms with Crippen molar-refractivity contribution in [1.29, 1.82) is 0 Å². The van der Waals surface area contributed by atoms with Crippen LogP contribution in [-0.2, 0) is 11.2 Å². The summed E-state index contributed by atoms with van der Waals surface area (Å²) >= 11 is 0. The van der Waals surface area contributed by atoms with Crippen LogP contribution in [0.5, 0.6) is 0 Å². The summed E-state index contributed by atoms with van der Waals surface area (Å²) in [7, 11) is 0. The molecule has 134 valence electrons. The first-order chi connectivity index (χ1) is 13.1. The number of H-pyrrole nitrogens is 1. The van der Waals surface area contributed by atoms with Crippen LogP contribution in [0.3, 0.4) is 0 Å². The number of amides is 2. The third-order valence-corrected chi connectivity index (χ3v) is 4.70. The van der Waals surface area contributed by atoms with E-state index in [1.54, 1.807) is 0 Å². The Hall–Kier alpha value is -3.60. The van der Waals surface area contributed by atoms with Crippen molar-refractivity contribution >= 4 is 39.2 Å². The summed E-state index contributed by atoms with van der Waals surface area (Å²) < 4.78 is 0. The highest BCUT2D eigenvalue weighted by molar-refractivity contribution is 6.01. The summed E-state index contributed by atoms with van der Waals surface area (Å²) in [6.45, 7) is 0. The molecule has 4 aromatic rings. The number of nitrogens with two attached hydrogens (primary N) is 1. The summed E-state index contributed by atoms with van der Waals surface area (Å²) in [6.07, 6.45) is 0.691. The number of nitrogens with one attached hydrogen (secondary N) is 2. The minimum Gasteiger partial charge on any atom is -0.364 e. The average molecular weight is 357 g/mol. The molecule has 4 N–H and O–H groups in total. The number of hydrogen-bond acceptors (Lipinski definition) is 2. The first-order valence-corrected chi connectivity index (χ1v) is 8.80. The molecule has 0 saturated carbocycles. The van der Waals surface area contributed by atoms with Gasteiger partial charge in [0.05, 0.1) is 0 Å². The van der Waals surface area contributed by atoms with Crippen molar-refractivity contribution in [3.8, 4) is 0 Å². The highest BCUT2D eigenvalue weighted by atomic mass is 16.2. The smallest absolute Gasteiger partial charge is 0.265 e. The van der Waals surface area contributed by atoms with Crippen molar-refractivity contribution in [3.63, 3.8) is 0 Å². The summed E-state index contributed by atoms with van der Waals surface area (Å²) in [4.78, 5) is 27.2. The van der Waals surface area contributed by atoms with E-state index in [1.165, 1.54) is 0 Å². The van der Waals surface area contributed by atoms with Gasteiger partial charge in [-0.05, 0) is 41.0 Å². The lowest BCUT2D eigenvalue weighted by Crippen LogP contribution is -2.16. The number of rotatable bonds is 5. The van der Waals surface area contributed by atoms with Crippen molar-refractivity contribution in [3.05, 3.63) is 78.0 Å². The second-order valence-electron chi connectivity index (χ2n) is 6.50. The number of anilines is 1. The maximum absolute atomic E-state index is 12.4. The molecule has 1 heterocycles. The van der Waals surface area contributed by atoms with Gasteiger partial charge in [0.1, 0.15) is 5.69 Å². The first kappa shape index (κ1) is 16.8. The molecule has 5 nitrogen and oxygen atoms in total. The Bertz CT molecular complexity index is 1160. The van der Waals surface area contributed by atoms with E-state index in [2.05, 4.69) is 10.3 Å². The number of aromatic amines is 1. The van der Waals surface area contributed by atoms with Gasteiger partial charge in [-0.3, -0.25) is 9.59 Å². The molecule has 27 heavy (non-hydrogen) atoms. The second kappa shape index (κ2) is 6.96. The zero-order valence-corrected chi connectivity index (χ0v) is 14.7. The van der Waals surface area contributed by atoms with E-state index in [0.717, 1.165) is 32.9 Å². The van der Waals surface area contributed by atoms with Gasteiger partial charge < -0.3 is 16.0 Å².